The van der Waals surface area contributed by atoms with E-state index >= 15 is 0 Å². The molecule has 1 aromatic heterocycles. The summed E-state index contributed by atoms with van der Waals surface area (Å²) in [5, 5.41) is 9.77. The molecule has 1 fully saturated rings. The van der Waals surface area contributed by atoms with Crippen LogP contribution in [0.25, 0.3) is 0 Å². The number of nitrogens with zero attached hydrogens (tertiary/aromatic N) is 2. The Morgan fingerprint density at radius 1 is 1.59 bits per heavy atom. The third-order valence-electron chi connectivity index (χ3n) is 3.02. The molecule has 0 aliphatic carbocycles. The van der Waals surface area contributed by atoms with Crippen LogP contribution in [0.1, 0.15) is 31.9 Å². The number of hydrogen-bond donors (Lipinski definition) is 1. The van der Waals surface area contributed by atoms with Crippen LogP contribution in [0.4, 0.5) is 5.82 Å². The van der Waals surface area contributed by atoms with Gasteiger partial charge in [0.2, 0.25) is 0 Å². The second-order valence-electron chi connectivity index (χ2n) is 4.57. The van der Waals surface area contributed by atoms with E-state index in [1.807, 2.05) is 12.1 Å². The van der Waals surface area contributed by atoms with Crippen molar-refractivity contribution in [3.8, 4) is 0 Å². The number of pyridine rings is 1. The Morgan fingerprint density at radius 2 is 2.41 bits per heavy atom. The molecule has 1 unspecified atom stereocenters. The minimum absolute atomic E-state index is 0.210. The van der Waals surface area contributed by atoms with Gasteiger partial charge in [0.1, 0.15) is 5.82 Å². The number of hydrogen-bond acceptors (Lipinski definition) is 4. The van der Waals surface area contributed by atoms with Gasteiger partial charge in [0.15, 0.2) is 0 Å². The first kappa shape index (κ1) is 12.3. The molecule has 0 aromatic carbocycles. The summed E-state index contributed by atoms with van der Waals surface area (Å²) in [4.78, 5) is 6.62. The number of rotatable bonds is 2. The lowest BCUT2D eigenvalue weighted by Crippen LogP contribution is -2.31. The third-order valence-corrected chi connectivity index (χ3v) is 3.02. The lowest BCUT2D eigenvalue weighted by Gasteiger charge is -2.26. The first-order chi connectivity index (χ1) is 8.18. The maximum absolute atomic E-state index is 9.77. The molecule has 0 amide bonds. The highest BCUT2D eigenvalue weighted by Gasteiger charge is 2.20. The van der Waals surface area contributed by atoms with E-state index < -0.39 is 6.10 Å². The quantitative estimate of drug-likeness (QED) is 0.849. The zero-order valence-electron chi connectivity index (χ0n) is 10.5. The normalized spacial score (nSPS) is 23.2. The smallest absolute Gasteiger partial charge is 0.134 e. The molecule has 1 aliphatic heterocycles. The summed E-state index contributed by atoms with van der Waals surface area (Å²) in [6.07, 6.45) is 2.50. The Balaban J connectivity index is 2.25. The van der Waals surface area contributed by atoms with Crippen LogP contribution in [0.3, 0.4) is 0 Å². The molecule has 4 heteroatoms. The van der Waals surface area contributed by atoms with Crippen LogP contribution in [0.5, 0.6) is 0 Å². The van der Waals surface area contributed by atoms with Gasteiger partial charge in [-0.05, 0) is 26.3 Å². The number of anilines is 1. The van der Waals surface area contributed by atoms with E-state index in [2.05, 4.69) is 16.8 Å². The number of aliphatic hydroxyl groups is 1. The summed E-state index contributed by atoms with van der Waals surface area (Å²) in [6.45, 7) is 6.41. The fourth-order valence-corrected chi connectivity index (χ4v) is 2.19. The van der Waals surface area contributed by atoms with E-state index in [1.54, 1.807) is 13.1 Å². The van der Waals surface area contributed by atoms with Crippen LogP contribution in [-0.2, 0) is 4.74 Å². The van der Waals surface area contributed by atoms with Gasteiger partial charge < -0.3 is 14.7 Å². The van der Waals surface area contributed by atoms with Gasteiger partial charge in [-0.2, -0.15) is 0 Å². The van der Waals surface area contributed by atoms with Gasteiger partial charge in [0.05, 0.1) is 12.2 Å². The second-order valence-corrected chi connectivity index (χ2v) is 4.57. The molecule has 0 radical (unpaired) electrons. The summed E-state index contributed by atoms with van der Waals surface area (Å²) in [7, 11) is 0. The van der Waals surface area contributed by atoms with Crippen molar-refractivity contribution in [2.24, 2.45) is 0 Å². The molecule has 94 valence electrons. The standard InChI is InChI=1S/C13H20N2O2/c1-10-9-15(7-4-8-17-10)13-12(11(2)16)5-3-6-14-13/h3,5-6,10-11,16H,4,7-9H2,1-2H3/t10?,11-/m1/s1. The van der Waals surface area contributed by atoms with Crippen molar-refractivity contribution >= 4 is 5.82 Å². The summed E-state index contributed by atoms with van der Waals surface area (Å²) < 4.78 is 5.62. The van der Waals surface area contributed by atoms with E-state index in [-0.39, 0.29) is 6.10 Å². The van der Waals surface area contributed by atoms with Crippen molar-refractivity contribution in [2.75, 3.05) is 24.6 Å². The first-order valence-corrected chi connectivity index (χ1v) is 6.18. The molecule has 0 saturated carbocycles. The monoisotopic (exact) mass is 236 g/mol. The molecule has 1 saturated heterocycles. The van der Waals surface area contributed by atoms with Gasteiger partial charge in [-0.15, -0.1) is 0 Å². The van der Waals surface area contributed by atoms with Gasteiger partial charge >= 0.3 is 0 Å². The van der Waals surface area contributed by atoms with Crippen LogP contribution >= 0.6 is 0 Å². The number of aliphatic hydroxyl groups excluding tert-OH is 1. The van der Waals surface area contributed by atoms with Gasteiger partial charge in [0, 0.05) is 31.5 Å². The summed E-state index contributed by atoms with van der Waals surface area (Å²) in [6, 6.07) is 3.80. The molecule has 2 atom stereocenters. The van der Waals surface area contributed by atoms with Gasteiger partial charge in [-0.3, -0.25) is 0 Å². The Kier molecular flexibility index (Phi) is 3.97. The van der Waals surface area contributed by atoms with Crippen molar-refractivity contribution in [3.05, 3.63) is 23.9 Å². The average Bonchev–Trinajstić information content (AvgIpc) is 2.54. The predicted octanol–water partition coefficient (Wildman–Crippen LogP) is 1.75. The van der Waals surface area contributed by atoms with E-state index in [4.69, 9.17) is 4.74 Å². The molecule has 2 rings (SSSR count). The maximum atomic E-state index is 9.77. The van der Waals surface area contributed by atoms with E-state index in [1.165, 1.54) is 0 Å². The van der Waals surface area contributed by atoms with Crippen molar-refractivity contribution in [3.63, 3.8) is 0 Å². The van der Waals surface area contributed by atoms with Gasteiger partial charge in [0.25, 0.3) is 0 Å². The SMILES string of the molecule is CC1CN(c2ncccc2[C@@H](C)O)CCCO1. The molecule has 4 nitrogen and oxygen atoms in total. The van der Waals surface area contributed by atoms with Crippen molar-refractivity contribution in [1.29, 1.82) is 0 Å². The summed E-state index contributed by atoms with van der Waals surface area (Å²) in [5.74, 6) is 0.889. The third kappa shape index (κ3) is 2.96. The first-order valence-electron chi connectivity index (χ1n) is 6.18. The van der Waals surface area contributed by atoms with E-state index in [0.717, 1.165) is 37.5 Å². The Bertz CT molecular complexity index is 368. The number of ether oxygens (including phenoxy) is 1. The van der Waals surface area contributed by atoms with Crippen LogP contribution < -0.4 is 4.90 Å². The fourth-order valence-electron chi connectivity index (χ4n) is 2.19. The zero-order chi connectivity index (χ0) is 12.3. The summed E-state index contributed by atoms with van der Waals surface area (Å²) >= 11 is 0. The van der Waals surface area contributed by atoms with Crippen molar-refractivity contribution in [2.45, 2.75) is 32.5 Å². The Labute approximate surface area is 102 Å². The van der Waals surface area contributed by atoms with Gasteiger partial charge in [-0.1, -0.05) is 6.07 Å². The van der Waals surface area contributed by atoms with Crippen molar-refractivity contribution in [1.82, 2.24) is 4.98 Å². The van der Waals surface area contributed by atoms with Crippen LogP contribution in [0.2, 0.25) is 0 Å². The molecular formula is C13H20N2O2. The minimum Gasteiger partial charge on any atom is -0.389 e. The number of aromatic nitrogens is 1. The predicted molar refractivity (Wildman–Crippen MR) is 67.1 cm³/mol. The largest absolute Gasteiger partial charge is 0.389 e. The molecule has 17 heavy (non-hydrogen) atoms. The highest BCUT2D eigenvalue weighted by Crippen LogP contribution is 2.25. The molecular weight excluding hydrogens is 216 g/mol. The lowest BCUT2D eigenvalue weighted by atomic mass is 10.1. The fraction of sp³-hybridized carbons (Fsp3) is 0.615. The minimum atomic E-state index is -0.488. The Morgan fingerprint density at radius 3 is 3.18 bits per heavy atom. The topological polar surface area (TPSA) is 45.6 Å². The van der Waals surface area contributed by atoms with Gasteiger partial charge in [-0.25, -0.2) is 4.98 Å². The summed E-state index contributed by atoms with van der Waals surface area (Å²) in [5.41, 5.74) is 0.890. The van der Waals surface area contributed by atoms with Crippen LogP contribution in [0, 0.1) is 0 Å². The molecule has 1 aromatic rings. The second kappa shape index (κ2) is 5.47. The van der Waals surface area contributed by atoms with E-state index in [9.17, 15) is 5.11 Å². The molecule has 2 heterocycles. The molecule has 0 bridgehead atoms. The van der Waals surface area contributed by atoms with Crippen LogP contribution in [-0.4, -0.2) is 35.9 Å². The molecule has 0 spiro atoms. The van der Waals surface area contributed by atoms with Crippen molar-refractivity contribution < 1.29 is 9.84 Å². The highest BCUT2D eigenvalue weighted by molar-refractivity contribution is 5.48. The molecule has 1 aliphatic rings. The maximum Gasteiger partial charge on any atom is 0.134 e. The molecule has 1 N–H and O–H groups in total. The van der Waals surface area contributed by atoms with E-state index in [0.29, 0.717) is 0 Å². The average molecular weight is 236 g/mol. The highest BCUT2D eigenvalue weighted by atomic mass is 16.5. The lowest BCUT2D eigenvalue weighted by molar-refractivity contribution is 0.0820. The Hall–Kier alpha value is -1.13. The van der Waals surface area contributed by atoms with Crippen LogP contribution in [0.15, 0.2) is 18.3 Å². The zero-order valence-corrected chi connectivity index (χ0v) is 10.5.